The van der Waals surface area contributed by atoms with Crippen LogP contribution in [-0.4, -0.2) is 42.4 Å². The Bertz CT molecular complexity index is 395. The molecule has 0 bridgehead atoms. The fourth-order valence-corrected chi connectivity index (χ4v) is 2.59. The summed E-state index contributed by atoms with van der Waals surface area (Å²) in [5.41, 5.74) is -0.0886. The average molecular weight is 223 g/mol. The van der Waals surface area contributed by atoms with Crippen LogP contribution in [0.5, 0.6) is 0 Å². The lowest BCUT2D eigenvalue weighted by atomic mass is 9.77. The average Bonchev–Trinajstić information content (AvgIpc) is 2.28. The molecule has 0 unspecified atom stereocenters. The Kier molecular flexibility index (Phi) is 2.24. The molecule has 0 aromatic heterocycles. The lowest BCUT2D eigenvalue weighted by Crippen LogP contribution is -2.71. The first-order chi connectivity index (χ1) is 7.70. The zero-order valence-corrected chi connectivity index (χ0v) is 8.90. The van der Waals surface area contributed by atoms with Crippen LogP contribution in [0.3, 0.4) is 0 Å². The van der Waals surface area contributed by atoms with Gasteiger partial charge in [0, 0.05) is 13.1 Å². The maximum absolute atomic E-state index is 12.8. The Morgan fingerprint density at radius 3 is 2.81 bits per heavy atom. The first-order valence-corrected chi connectivity index (χ1v) is 5.50. The van der Waals surface area contributed by atoms with Crippen molar-refractivity contribution in [2.75, 3.05) is 26.3 Å². The molecular formula is C12H14FNO2. The van der Waals surface area contributed by atoms with Crippen molar-refractivity contribution in [1.82, 2.24) is 4.90 Å². The largest absolute Gasteiger partial charge is 0.382 e. The Labute approximate surface area is 93.4 Å². The molecule has 3 rings (SSSR count). The molecule has 0 amide bonds. The highest BCUT2D eigenvalue weighted by Gasteiger charge is 2.53. The van der Waals surface area contributed by atoms with Crippen molar-refractivity contribution in [1.29, 1.82) is 0 Å². The number of hydrogen-bond donors (Lipinski definition) is 1. The van der Waals surface area contributed by atoms with Crippen LogP contribution < -0.4 is 0 Å². The number of rotatable bonds is 1. The lowest BCUT2D eigenvalue weighted by molar-refractivity contribution is -0.206. The molecule has 2 heterocycles. The predicted octanol–water partition coefficient (Wildman–Crippen LogP) is 0.728. The number of fused-ring (bicyclic) bond motifs is 1. The van der Waals surface area contributed by atoms with E-state index in [0.717, 1.165) is 18.7 Å². The van der Waals surface area contributed by atoms with Crippen molar-refractivity contribution in [3.63, 3.8) is 0 Å². The number of morpholine rings is 1. The summed E-state index contributed by atoms with van der Waals surface area (Å²) in [5, 5.41) is 10.5. The van der Waals surface area contributed by atoms with E-state index < -0.39 is 5.60 Å². The summed E-state index contributed by atoms with van der Waals surface area (Å²) in [5.74, 6) is -0.275. The molecule has 0 aliphatic carbocycles. The van der Waals surface area contributed by atoms with Crippen LogP contribution in [-0.2, 0) is 10.3 Å². The van der Waals surface area contributed by atoms with Gasteiger partial charge < -0.3 is 9.84 Å². The number of benzene rings is 1. The van der Waals surface area contributed by atoms with Crippen LogP contribution >= 0.6 is 0 Å². The van der Waals surface area contributed by atoms with Crippen molar-refractivity contribution in [3.8, 4) is 0 Å². The third-order valence-corrected chi connectivity index (χ3v) is 3.58. The molecule has 3 nitrogen and oxygen atoms in total. The van der Waals surface area contributed by atoms with E-state index in [1.807, 2.05) is 0 Å². The van der Waals surface area contributed by atoms with Gasteiger partial charge in [-0.1, -0.05) is 12.1 Å². The van der Waals surface area contributed by atoms with Gasteiger partial charge in [-0.25, -0.2) is 4.39 Å². The molecule has 2 aliphatic heterocycles. The van der Waals surface area contributed by atoms with Crippen LogP contribution in [0.2, 0.25) is 0 Å². The summed E-state index contributed by atoms with van der Waals surface area (Å²) < 4.78 is 18.2. The number of nitrogens with zero attached hydrogens (tertiary/aromatic N) is 1. The molecule has 16 heavy (non-hydrogen) atoms. The fourth-order valence-electron chi connectivity index (χ4n) is 2.59. The number of aliphatic hydroxyl groups is 1. The zero-order valence-electron chi connectivity index (χ0n) is 8.90. The summed E-state index contributed by atoms with van der Waals surface area (Å²) in [6.07, 6.45) is 0. The minimum Gasteiger partial charge on any atom is -0.382 e. The second kappa shape index (κ2) is 3.52. The minimum atomic E-state index is -0.867. The van der Waals surface area contributed by atoms with Crippen LogP contribution in [0.15, 0.2) is 24.3 Å². The molecule has 2 aliphatic rings. The second-order valence-electron chi connectivity index (χ2n) is 4.49. The van der Waals surface area contributed by atoms with Crippen LogP contribution in [0, 0.1) is 5.82 Å². The number of ether oxygens (including phenoxy) is 1. The molecule has 2 fully saturated rings. The quantitative estimate of drug-likeness (QED) is 0.761. The van der Waals surface area contributed by atoms with Gasteiger partial charge in [-0.3, -0.25) is 4.90 Å². The molecule has 0 radical (unpaired) electrons. The normalized spacial score (nSPS) is 34.2. The molecular weight excluding hydrogens is 209 g/mol. The summed E-state index contributed by atoms with van der Waals surface area (Å²) in [7, 11) is 0. The van der Waals surface area contributed by atoms with Gasteiger partial charge in [0.15, 0.2) is 0 Å². The van der Waals surface area contributed by atoms with E-state index in [2.05, 4.69) is 4.90 Å². The van der Waals surface area contributed by atoms with Gasteiger partial charge in [-0.05, 0) is 17.7 Å². The van der Waals surface area contributed by atoms with E-state index >= 15 is 0 Å². The Morgan fingerprint density at radius 2 is 2.12 bits per heavy atom. The second-order valence-corrected chi connectivity index (χ2v) is 4.49. The molecule has 1 aromatic rings. The number of hydrogen-bond acceptors (Lipinski definition) is 3. The highest BCUT2D eigenvalue weighted by atomic mass is 19.1. The summed E-state index contributed by atoms with van der Waals surface area (Å²) in [6, 6.07) is 6.11. The highest BCUT2D eigenvalue weighted by molar-refractivity contribution is 5.29. The van der Waals surface area contributed by atoms with E-state index in [1.54, 1.807) is 12.1 Å². The molecule has 1 N–H and O–H groups in total. The number of halogens is 1. The first-order valence-electron chi connectivity index (χ1n) is 5.50. The molecule has 2 atom stereocenters. The van der Waals surface area contributed by atoms with Gasteiger partial charge in [-0.2, -0.15) is 0 Å². The predicted molar refractivity (Wildman–Crippen MR) is 56.5 cm³/mol. The maximum Gasteiger partial charge on any atom is 0.123 e. The Hall–Kier alpha value is -0.970. The topological polar surface area (TPSA) is 32.7 Å². The molecule has 2 saturated heterocycles. The molecule has 0 saturated carbocycles. The van der Waals surface area contributed by atoms with Crippen molar-refractivity contribution >= 4 is 0 Å². The smallest absolute Gasteiger partial charge is 0.123 e. The lowest BCUT2D eigenvalue weighted by Gasteiger charge is -2.56. The Morgan fingerprint density at radius 1 is 1.38 bits per heavy atom. The third-order valence-electron chi connectivity index (χ3n) is 3.58. The molecule has 86 valence electrons. The van der Waals surface area contributed by atoms with Crippen molar-refractivity contribution in [2.45, 2.75) is 11.6 Å². The molecule has 4 heteroatoms. The highest BCUT2D eigenvalue weighted by Crippen LogP contribution is 2.39. The van der Waals surface area contributed by atoms with Crippen LogP contribution in [0.1, 0.15) is 5.56 Å². The molecule has 1 aromatic carbocycles. The summed E-state index contributed by atoms with van der Waals surface area (Å²) >= 11 is 0. The standard InChI is InChI=1S/C12H14FNO2/c13-10-3-1-9(2-4-10)12(15)8-14-5-6-16-7-11(12)14/h1-4,11,15H,5-8H2/t11-,12+/m1/s1. The minimum absolute atomic E-state index is 0.0201. The van der Waals surface area contributed by atoms with E-state index in [1.165, 1.54) is 12.1 Å². The van der Waals surface area contributed by atoms with Gasteiger partial charge in [0.25, 0.3) is 0 Å². The van der Waals surface area contributed by atoms with E-state index in [0.29, 0.717) is 13.2 Å². The van der Waals surface area contributed by atoms with Gasteiger partial charge in [0.05, 0.1) is 19.3 Å². The zero-order chi connectivity index (χ0) is 11.2. The third kappa shape index (κ3) is 1.38. The van der Waals surface area contributed by atoms with Gasteiger partial charge in [0.1, 0.15) is 11.4 Å². The maximum atomic E-state index is 12.8. The van der Waals surface area contributed by atoms with Gasteiger partial charge in [0.2, 0.25) is 0 Å². The van der Waals surface area contributed by atoms with Gasteiger partial charge >= 0.3 is 0 Å². The van der Waals surface area contributed by atoms with Crippen molar-refractivity contribution in [3.05, 3.63) is 35.6 Å². The van der Waals surface area contributed by atoms with Crippen molar-refractivity contribution in [2.24, 2.45) is 0 Å². The van der Waals surface area contributed by atoms with Crippen LogP contribution in [0.4, 0.5) is 4.39 Å². The summed E-state index contributed by atoms with van der Waals surface area (Å²) in [6.45, 7) is 2.77. The monoisotopic (exact) mass is 223 g/mol. The fraction of sp³-hybridized carbons (Fsp3) is 0.500. The van der Waals surface area contributed by atoms with Gasteiger partial charge in [-0.15, -0.1) is 0 Å². The van der Waals surface area contributed by atoms with E-state index in [-0.39, 0.29) is 11.9 Å². The molecule has 0 spiro atoms. The van der Waals surface area contributed by atoms with E-state index in [4.69, 9.17) is 4.74 Å². The summed E-state index contributed by atoms with van der Waals surface area (Å²) in [4.78, 5) is 2.20. The van der Waals surface area contributed by atoms with Crippen LogP contribution in [0.25, 0.3) is 0 Å². The Balaban J connectivity index is 1.86. The van der Waals surface area contributed by atoms with Crippen molar-refractivity contribution < 1.29 is 14.2 Å². The SMILES string of the molecule is O[C@]1(c2ccc(F)cc2)CN2CCOC[C@@H]21. The first kappa shape index (κ1) is 10.2. The van der Waals surface area contributed by atoms with E-state index in [9.17, 15) is 9.50 Å².